The first kappa shape index (κ1) is 28.4. The van der Waals surface area contributed by atoms with Crippen molar-refractivity contribution in [3.05, 3.63) is 120 Å². The second-order valence-electron chi connectivity index (χ2n) is 9.84. The van der Waals surface area contributed by atoms with Gasteiger partial charge in [-0.1, -0.05) is 91.0 Å². The van der Waals surface area contributed by atoms with Crippen molar-refractivity contribution in [1.29, 1.82) is 0 Å². The Morgan fingerprint density at radius 1 is 0.875 bits per heavy atom. The minimum absolute atomic E-state index is 0.140. The molecule has 8 nitrogen and oxygen atoms in total. The lowest BCUT2D eigenvalue weighted by Crippen LogP contribution is -2.38. The molecular formula is C31H37N4O4P. The predicted octanol–water partition coefficient (Wildman–Crippen LogP) is 6.45. The van der Waals surface area contributed by atoms with Crippen molar-refractivity contribution in [3.63, 3.8) is 0 Å². The number of rotatable bonds is 12. The highest BCUT2D eigenvalue weighted by Gasteiger charge is 2.42. The van der Waals surface area contributed by atoms with Crippen LogP contribution in [0.1, 0.15) is 55.2 Å². The topological polar surface area (TPSA) is 78.7 Å². The van der Waals surface area contributed by atoms with Gasteiger partial charge in [0.1, 0.15) is 11.9 Å². The highest BCUT2D eigenvalue weighted by molar-refractivity contribution is 7.53. The molecule has 1 fully saturated rings. The normalized spacial score (nSPS) is 18.3. The average molecular weight is 561 g/mol. The molecule has 2 heterocycles. The van der Waals surface area contributed by atoms with Crippen LogP contribution in [0.5, 0.6) is 0 Å². The molecule has 1 aliphatic rings. The fraction of sp³-hybridized carbons (Fsp3) is 0.355. The van der Waals surface area contributed by atoms with Gasteiger partial charge < -0.3 is 9.05 Å². The molecule has 3 aromatic carbocycles. The lowest BCUT2D eigenvalue weighted by molar-refractivity contribution is -0.145. The van der Waals surface area contributed by atoms with E-state index in [-0.39, 0.29) is 12.1 Å². The van der Waals surface area contributed by atoms with Crippen molar-refractivity contribution in [2.45, 2.75) is 44.4 Å². The molecule has 0 N–H and O–H groups in total. The van der Waals surface area contributed by atoms with E-state index >= 15 is 0 Å². The summed E-state index contributed by atoms with van der Waals surface area (Å²) in [4.78, 5) is 11.0. The SMILES string of the molecule is CCOP(=O)(CCC1CC(c2ncn(C(c3ccccc3)(c3ccccc3)c3ccccc3)n2)N(C)O1)OCC. The highest BCUT2D eigenvalue weighted by Crippen LogP contribution is 2.50. The summed E-state index contributed by atoms with van der Waals surface area (Å²) in [7, 11) is -1.24. The molecule has 0 radical (unpaired) electrons. The standard InChI is InChI=1S/C31H37N4O4P/c1-4-37-40(36,38-5-2)22-21-28-23-29(34(3)39-28)30-32-24-35(33-30)31(25-15-9-6-10-16-25,26-17-11-7-12-18-26)27-19-13-8-14-20-27/h6-20,24,28-29H,4-5,21-23H2,1-3H3. The molecule has 2 atom stereocenters. The number of hydrogen-bond donors (Lipinski definition) is 0. The number of benzene rings is 3. The second kappa shape index (κ2) is 12.6. The van der Waals surface area contributed by atoms with E-state index < -0.39 is 13.1 Å². The summed E-state index contributed by atoms with van der Waals surface area (Å²) in [5.41, 5.74) is 2.52. The third-order valence-corrected chi connectivity index (χ3v) is 9.45. The number of hydroxylamine groups is 2. The number of nitrogens with zero attached hydrogens (tertiary/aromatic N) is 4. The van der Waals surface area contributed by atoms with Crippen molar-refractivity contribution in [2.75, 3.05) is 26.4 Å². The summed E-state index contributed by atoms with van der Waals surface area (Å²) in [6.45, 7) is 4.34. The zero-order chi connectivity index (χ0) is 28.0. The summed E-state index contributed by atoms with van der Waals surface area (Å²) in [5, 5.41) is 6.94. The molecule has 2 unspecified atom stereocenters. The maximum atomic E-state index is 13.0. The van der Waals surface area contributed by atoms with E-state index in [0.717, 1.165) is 16.7 Å². The lowest BCUT2D eigenvalue weighted by Gasteiger charge is -2.36. The van der Waals surface area contributed by atoms with E-state index in [1.807, 2.05) is 55.2 Å². The molecular weight excluding hydrogens is 523 g/mol. The van der Waals surface area contributed by atoms with Crippen LogP contribution < -0.4 is 0 Å². The molecule has 0 aliphatic carbocycles. The zero-order valence-corrected chi connectivity index (χ0v) is 24.2. The van der Waals surface area contributed by atoms with Gasteiger partial charge in [0.15, 0.2) is 5.82 Å². The lowest BCUT2D eigenvalue weighted by atomic mass is 9.77. The Labute approximate surface area is 236 Å². The smallest absolute Gasteiger partial charge is 0.309 e. The summed E-state index contributed by atoms with van der Waals surface area (Å²) >= 11 is 0. The Morgan fingerprint density at radius 3 is 1.85 bits per heavy atom. The maximum Gasteiger partial charge on any atom is 0.330 e. The molecule has 4 aromatic rings. The molecule has 0 saturated carbocycles. The van der Waals surface area contributed by atoms with Gasteiger partial charge in [0.2, 0.25) is 0 Å². The summed E-state index contributed by atoms with van der Waals surface area (Å²) in [6, 6.07) is 31.1. The van der Waals surface area contributed by atoms with E-state index in [1.165, 1.54) is 0 Å². The molecule has 1 aliphatic heterocycles. The Balaban J connectivity index is 1.49. The van der Waals surface area contributed by atoms with Crippen molar-refractivity contribution < 1.29 is 18.5 Å². The predicted molar refractivity (Wildman–Crippen MR) is 155 cm³/mol. The van der Waals surface area contributed by atoms with Gasteiger partial charge in [-0.2, -0.15) is 10.2 Å². The van der Waals surface area contributed by atoms with E-state index in [9.17, 15) is 4.57 Å². The van der Waals surface area contributed by atoms with Gasteiger partial charge in [-0.3, -0.25) is 9.40 Å². The summed E-state index contributed by atoms with van der Waals surface area (Å²) < 4.78 is 25.9. The fourth-order valence-corrected chi connectivity index (χ4v) is 7.30. The first-order chi connectivity index (χ1) is 19.5. The third kappa shape index (κ3) is 5.69. The van der Waals surface area contributed by atoms with Crippen LogP contribution in [0.3, 0.4) is 0 Å². The van der Waals surface area contributed by atoms with E-state index in [1.54, 1.807) is 0 Å². The quantitative estimate of drug-likeness (QED) is 0.146. The van der Waals surface area contributed by atoms with E-state index in [4.69, 9.17) is 24.0 Å². The van der Waals surface area contributed by atoms with Crippen LogP contribution in [0.2, 0.25) is 0 Å². The van der Waals surface area contributed by atoms with Crippen LogP contribution in [-0.4, -0.2) is 52.4 Å². The van der Waals surface area contributed by atoms with Crippen molar-refractivity contribution in [3.8, 4) is 0 Å². The van der Waals surface area contributed by atoms with Gasteiger partial charge in [0, 0.05) is 13.5 Å². The first-order valence-electron chi connectivity index (χ1n) is 13.9. The Kier molecular flexibility index (Phi) is 8.94. The second-order valence-corrected chi connectivity index (χ2v) is 12.0. The molecule has 9 heteroatoms. The minimum Gasteiger partial charge on any atom is -0.309 e. The van der Waals surface area contributed by atoms with Gasteiger partial charge in [-0.15, -0.1) is 0 Å². The Morgan fingerprint density at radius 2 is 1.38 bits per heavy atom. The highest BCUT2D eigenvalue weighted by atomic mass is 31.2. The van der Waals surface area contributed by atoms with Crippen LogP contribution >= 0.6 is 7.60 Å². The van der Waals surface area contributed by atoms with Crippen molar-refractivity contribution in [1.82, 2.24) is 19.8 Å². The van der Waals surface area contributed by atoms with Crippen molar-refractivity contribution in [2.24, 2.45) is 0 Å². The number of aromatic nitrogens is 3. The number of hydrogen-bond acceptors (Lipinski definition) is 7. The Bertz CT molecular complexity index is 1290. The van der Waals surface area contributed by atoms with E-state index in [2.05, 4.69) is 72.8 Å². The minimum atomic E-state index is -3.14. The Hall–Kier alpha value is -3.13. The van der Waals surface area contributed by atoms with Crippen molar-refractivity contribution >= 4 is 7.60 Å². The van der Waals surface area contributed by atoms with Gasteiger partial charge in [-0.25, -0.2) is 9.67 Å². The molecule has 40 heavy (non-hydrogen) atoms. The average Bonchev–Trinajstić information content (AvgIpc) is 3.61. The third-order valence-electron chi connectivity index (χ3n) is 7.34. The zero-order valence-electron chi connectivity index (χ0n) is 23.3. The molecule has 1 saturated heterocycles. The fourth-order valence-electron chi connectivity index (χ4n) is 5.57. The monoisotopic (exact) mass is 560 g/mol. The molecule has 0 amide bonds. The van der Waals surface area contributed by atoms with Crippen LogP contribution in [-0.2, 0) is 24.0 Å². The van der Waals surface area contributed by atoms with Crippen LogP contribution in [0, 0.1) is 0 Å². The molecule has 5 rings (SSSR count). The summed E-state index contributed by atoms with van der Waals surface area (Å²) in [6.07, 6.45) is 3.22. The van der Waals surface area contributed by atoms with Crippen LogP contribution in [0.25, 0.3) is 0 Å². The van der Waals surface area contributed by atoms with Gasteiger partial charge in [0.25, 0.3) is 0 Å². The van der Waals surface area contributed by atoms with Gasteiger partial charge >= 0.3 is 7.60 Å². The largest absolute Gasteiger partial charge is 0.330 e. The molecule has 0 spiro atoms. The molecule has 1 aromatic heterocycles. The van der Waals surface area contributed by atoms with E-state index in [0.29, 0.717) is 38.0 Å². The van der Waals surface area contributed by atoms with Gasteiger partial charge in [0.05, 0.1) is 31.5 Å². The van der Waals surface area contributed by atoms with Crippen LogP contribution in [0.4, 0.5) is 0 Å². The van der Waals surface area contributed by atoms with Crippen LogP contribution in [0.15, 0.2) is 97.3 Å². The van der Waals surface area contributed by atoms with Gasteiger partial charge in [-0.05, 0) is 37.0 Å². The summed E-state index contributed by atoms with van der Waals surface area (Å²) in [5.74, 6) is 0.676. The maximum absolute atomic E-state index is 13.0. The molecule has 0 bridgehead atoms. The molecule has 210 valence electrons. The first-order valence-corrected chi connectivity index (χ1v) is 15.6.